The fourth-order valence-corrected chi connectivity index (χ4v) is 3.41. The fourth-order valence-electron chi connectivity index (χ4n) is 3.41. The number of aromatic nitrogens is 1. The number of carbonyl (C=O) groups is 1. The van der Waals surface area contributed by atoms with Crippen LogP contribution in [-0.2, 0) is 6.42 Å². The van der Waals surface area contributed by atoms with Gasteiger partial charge in [-0.05, 0) is 85.5 Å². The maximum absolute atomic E-state index is 13.0. The Kier molecular flexibility index (Phi) is 4.70. The molecule has 2 N–H and O–H groups in total. The molecule has 4 heteroatoms. The van der Waals surface area contributed by atoms with Crippen molar-refractivity contribution in [3.63, 3.8) is 0 Å². The number of anilines is 1. The highest BCUT2D eigenvalue weighted by Crippen LogP contribution is 2.24. The van der Waals surface area contributed by atoms with E-state index in [1.165, 1.54) is 34.3 Å². The van der Waals surface area contributed by atoms with E-state index in [9.17, 15) is 9.18 Å². The Labute approximate surface area is 163 Å². The number of nitrogens with one attached hydrogen (secondary N) is 2. The molecule has 3 nitrogen and oxygen atoms in total. The number of aryl methyl sites for hydroxylation is 2. The molecule has 28 heavy (non-hydrogen) atoms. The summed E-state index contributed by atoms with van der Waals surface area (Å²) in [5.41, 5.74) is 7.01. The first kappa shape index (κ1) is 18.0. The van der Waals surface area contributed by atoms with Gasteiger partial charge in [-0.3, -0.25) is 4.79 Å². The molecule has 3 aromatic carbocycles. The molecule has 0 aliphatic heterocycles. The minimum atomic E-state index is -0.329. The van der Waals surface area contributed by atoms with Crippen LogP contribution in [0, 0.1) is 19.7 Å². The van der Waals surface area contributed by atoms with Crippen molar-refractivity contribution in [3.05, 3.63) is 100 Å². The van der Waals surface area contributed by atoms with Crippen LogP contribution in [0.3, 0.4) is 0 Å². The molecule has 0 aliphatic rings. The van der Waals surface area contributed by atoms with Gasteiger partial charge in [-0.1, -0.05) is 18.2 Å². The fraction of sp³-hybridized carbons (Fsp3) is 0.125. The average molecular weight is 372 g/mol. The zero-order valence-electron chi connectivity index (χ0n) is 15.8. The van der Waals surface area contributed by atoms with Crippen molar-refractivity contribution in [2.24, 2.45) is 0 Å². The van der Waals surface area contributed by atoms with E-state index in [0.29, 0.717) is 11.3 Å². The van der Waals surface area contributed by atoms with Gasteiger partial charge >= 0.3 is 0 Å². The van der Waals surface area contributed by atoms with Crippen LogP contribution in [0.25, 0.3) is 10.9 Å². The Morgan fingerprint density at radius 1 is 0.964 bits per heavy atom. The summed E-state index contributed by atoms with van der Waals surface area (Å²) in [6.07, 6.45) is 0.747. The summed E-state index contributed by atoms with van der Waals surface area (Å²) in [4.78, 5) is 15.9. The molecule has 1 amide bonds. The van der Waals surface area contributed by atoms with Crippen LogP contribution in [0.1, 0.15) is 32.7 Å². The Hall–Kier alpha value is -3.40. The first-order valence-corrected chi connectivity index (χ1v) is 9.23. The second-order valence-corrected chi connectivity index (χ2v) is 7.09. The van der Waals surface area contributed by atoms with Crippen LogP contribution < -0.4 is 5.32 Å². The maximum atomic E-state index is 13.0. The lowest BCUT2D eigenvalue weighted by atomic mass is 10.0. The molecule has 0 saturated heterocycles. The molecule has 0 atom stereocenters. The Morgan fingerprint density at radius 2 is 1.71 bits per heavy atom. The SMILES string of the molecule is Cc1[nH]c2ccc(Cc3cccc(C(=O)Nc4ccc(F)cc4)c3)cc2c1C. The highest BCUT2D eigenvalue weighted by Gasteiger charge is 2.09. The van der Waals surface area contributed by atoms with Crippen molar-refractivity contribution in [1.29, 1.82) is 0 Å². The summed E-state index contributed by atoms with van der Waals surface area (Å²) in [5.74, 6) is -0.536. The summed E-state index contributed by atoms with van der Waals surface area (Å²) in [7, 11) is 0. The van der Waals surface area contributed by atoms with E-state index in [-0.39, 0.29) is 11.7 Å². The quantitative estimate of drug-likeness (QED) is 0.469. The van der Waals surface area contributed by atoms with Crippen LogP contribution >= 0.6 is 0 Å². The van der Waals surface area contributed by atoms with Gasteiger partial charge < -0.3 is 10.3 Å². The van der Waals surface area contributed by atoms with Gasteiger partial charge in [0.25, 0.3) is 5.91 Å². The van der Waals surface area contributed by atoms with Crippen molar-refractivity contribution in [3.8, 4) is 0 Å². The van der Waals surface area contributed by atoms with Gasteiger partial charge in [-0.25, -0.2) is 4.39 Å². The second kappa shape index (κ2) is 7.31. The van der Waals surface area contributed by atoms with Gasteiger partial charge in [-0.15, -0.1) is 0 Å². The molecular weight excluding hydrogens is 351 g/mol. The molecule has 0 saturated carbocycles. The van der Waals surface area contributed by atoms with Gasteiger partial charge in [0.05, 0.1) is 0 Å². The van der Waals surface area contributed by atoms with Crippen LogP contribution in [0.5, 0.6) is 0 Å². The molecule has 0 unspecified atom stereocenters. The Bertz CT molecular complexity index is 1160. The van der Waals surface area contributed by atoms with Gasteiger partial charge in [-0.2, -0.15) is 0 Å². The highest BCUT2D eigenvalue weighted by molar-refractivity contribution is 6.04. The molecule has 0 aliphatic carbocycles. The molecule has 0 spiro atoms. The Balaban J connectivity index is 1.54. The van der Waals surface area contributed by atoms with Gasteiger partial charge in [0.1, 0.15) is 5.82 Å². The number of carbonyl (C=O) groups excluding carboxylic acids is 1. The number of aromatic amines is 1. The molecular formula is C24H21FN2O. The highest BCUT2D eigenvalue weighted by atomic mass is 19.1. The van der Waals surface area contributed by atoms with Crippen LogP contribution in [0.15, 0.2) is 66.7 Å². The molecule has 0 fully saturated rings. The second-order valence-electron chi connectivity index (χ2n) is 7.09. The van der Waals surface area contributed by atoms with E-state index >= 15 is 0 Å². The molecule has 4 rings (SSSR count). The van der Waals surface area contributed by atoms with Crippen molar-refractivity contribution in [2.75, 3.05) is 5.32 Å². The van der Waals surface area contributed by atoms with E-state index in [1.807, 2.05) is 18.2 Å². The summed E-state index contributed by atoms with van der Waals surface area (Å²) < 4.78 is 13.0. The third-order valence-electron chi connectivity index (χ3n) is 5.07. The van der Waals surface area contributed by atoms with E-state index in [4.69, 9.17) is 0 Å². The van der Waals surface area contributed by atoms with Gasteiger partial charge in [0, 0.05) is 27.8 Å². The first-order valence-electron chi connectivity index (χ1n) is 9.23. The summed E-state index contributed by atoms with van der Waals surface area (Å²) in [6, 6.07) is 19.8. The van der Waals surface area contributed by atoms with Crippen LogP contribution in [0.4, 0.5) is 10.1 Å². The largest absolute Gasteiger partial charge is 0.358 e. The first-order chi connectivity index (χ1) is 13.5. The molecule has 0 bridgehead atoms. The van der Waals surface area contributed by atoms with E-state index in [2.05, 4.69) is 42.3 Å². The number of H-pyrrole nitrogens is 1. The van der Waals surface area contributed by atoms with Crippen molar-refractivity contribution in [2.45, 2.75) is 20.3 Å². The Morgan fingerprint density at radius 3 is 2.50 bits per heavy atom. The summed E-state index contributed by atoms with van der Waals surface area (Å²) >= 11 is 0. The van der Waals surface area contributed by atoms with Gasteiger partial charge in [0.2, 0.25) is 0 Å². The zero-order valence-corrected chi connectivity index (χ0v) is 15.8. The van der Waals surface area contributed by atoms with E-state index in [0.717, 1.165) is 17.5 Å². The standard InChI is InChI=1S/C24H21FN2O/c1-15-16(2)26-23-11-6-18(14-22(15)23)12-17-4-3-5-19(13-17)24(28)27-21-9-7-20(25)8-10-21/h3-11,13-14,26H,12H2,1-2H3,(H,27,28). The monoisotopic (exact) mass is 372 g/mol. The summed E-state index contributed by atoms with van der Waals surface area (Å²) in [6.45, 7) is 4.20. The minimum absolute atomic E-state index is 0.207. The number of amides is 1. The lowest BCUT2D eigenvalue weighted by molar-refractivity contribution is 0.102. The maximum Gasteiger partial charge on any atom is 0.255 e. The minimum Gasteiger partial charge on any atom is -0.358 e. The van der Waals surface area contributed by atoms with Gasteiger partial charge in [0.15, 0.2) is 0 Å². The molecule has 0 radical (unpaired) electrons. The van der Waals surface area contributed by atoms with Crippen molar-refractivity contribution in [1.82, 2.24) is 4.98 Å². The zero-order chi connectivity index (χ0) is 19.7. The van der Waals surface area contributed by atoms with Crippen molar-refractivity contribution >= 4 is 22.5 Å². The number of hydrogen-bond donors (Lipinski definition) is 2. The lowest BCUT2D eigenvalue weighted by Crippen LogP contribution is -2.12. The van der Waals surface area contributed by atoms with Crippen molar-refractivity contribution < 1.29 is 9.18 Å². The van der Waals surface area contributed by atoms with E-state index < -0.39 is 0 Å². The number of rotatable bonds is 4. The number of benzene rings is 3. The lowest BCUT2D eigenvalue weighted by Gasteiger charge is -2.08. The predicted molar refractivity (Wildman–Crippen MR) is 111 cm³/mol. The van der Waals surface area contributed by atoms with E-state index in [1.54, 1.807) is 18.2 Å². The molecule has 1 heterocycles. The molecule has 4 aromatic rings. The van der Waals surface area contributed by atoms with Crippen LogP contribution in [-0.4, -0.2) is 10.9 Å². The summed E-state index contributed by atoms with van der Waals surface area (Å²) in [5, 5.41) is 4.04. The predicted octanol–water partition coefficient (Wildman–Crippen LogP) is 5.77. The average Bonchev–Trinajstić information content (AvgIpc) is 2.98. The smallest absolute Gasteiger partial charge is 0.255 e. The third kappa shape index (κ3) is 3.67. The molecule has 1 aromatic heterocycles. The number of hydrogen-bond acceptors (Lipinski definition) is 1. The normalized spacial score (nSPS) is 11.0. The van der Waals surface area contributed by atoms with Crippen LogP contribution in [0.2, 0.25) is 0 Å². The third-order valence-corrected chi connectivity index (χ3v) is 5.07. The number of fused-ring (bicyclic) bond motifs is 1. The topological polar surface area (TPSA) is 44.9 Å². The molecule has 140 valence electrons. The number of halogens is 1.